The highest BCUT2D eigenvalue weighted by atomic mass is 32.1. The third-order valence-electron chi connectivity index (χ3n) is 4.29. The zero-order valence-corrected chi connectivity index (χ0v) is 15.4. The topological polar surface area (TPSA) is 60.3 Å². The fourth-order valence-corrected chi connectivity index (χ4v) is 3.88. The second kappa shape index (κ2) is 6.72. The minimum atomic E-state index is -0.227. The van der Waals surface area contributed by atoms with Crippen molar-refractivity contribution in [2.24, 2.45) is 7.05 Å². The zero-order chi connectivity index (χ0) is 18.1. The lowest BCUT2D eigenvalue weighted by molar-refractivity contribution is 0.0941. The van der Waals surface area contributed by atoms with Crippen molar-refractivity contribution >= 4 is 27.3 Å². The van der Waals surface area contributed by atoms with Crippen molar-refractivity contribution in [3.8, 4) is 5.75 Å². The Kier molecular flexibility index (Phi) is 4.63. The van der Waals surface area contributed by atoms with Crippen LogP contribution in [0.3, 0.4) is 0 Å². The molecule has 25 heavy (non-hydrogen) atoms. The quantitative estimate of drug-likeness (QED) is 0.779. The van der Waals surface area contributed by atoms with Crippen LogP contribution in [0, 0.1) is 6.92 Å². The number of aryl methyl sites for hydroxylation is 2. The summed E-state index contributed by atoms with van der Waals surface area (Å²) in [6.45, 7) is 3.79. The molecule has 3 aromatic rings. The van der Waals surface area contributed by atoms with Gasteiger partial charge in [-0.3, -0.25) is 9.59 Å². The van der Waals surface area contributed by atoms with Crippen LogP contribution >= 0.6 is 11.3 Å². The SMILES string of the molecule is COc1ccc([C@@H](C)NC(=O)c2c(C)sc3ccn(C)c(=O)c23)cc1. The molecular weight excluding hydrogens is 336 g/mol. The first kappa shape index (κ1) is 17.2. The predicted octanol–water partition coefficient (Wildman–Crippen LogP) is 3.41. The first-order valence-electron chi connectivity index (χ1n) is 7.96. The molecule has 5 nitrogen and oxygen atoms in total. The number of nitrogens with zero attached hydrogens (tertiary/aromatic N) is 1. The van der Waals surface area contributed by atoms with Crippen molar-refractivity contribution in [1.82, 2.24) is 9.88 Å². The minimum absolute atomic E-state index is 0.149. The van der Waals surface area contributed by atoms with E-state index in [2.05, 4.69) is 5.32 Å². The molecule has 0 aliphatic rings. The van der Waals surface area contributed by atoms with E-state index in [1.54, 1.807) is 20.4 Å². The smallest absolute Gasteiger partial charge is 0.259 e. The molecule has 130 valence electrons. The second-order valence-electron chi connectivity index (χ2n) is 5.97. The summed E-state index contributed by atoms with van der Waals surface area (Å²) in [6.07, 6.45) is 1.72. The molecule has 0 fully saturated rings. The summed E-state index contributed by atoms with van der Waals surface area (Å²) in [6, 6.07) is 9.25. The number of carbonyl (C=O) groups excluding carboxylic acids is 1. The highest BCUT2D eigenvalue weighted by molar-refractivity contribution is 7.19. The number of nitrogens with one attached hydrogen (secondary N) is 1. The van der Waals surface area contributed by atoms with Gasteiger partial charge in [0.15, 0.2) is 0 Å². The number of methoxy groups -OCH3 is 1. The summed E-state index contributed by atoms with van der Waals surface area (Å²) >= 11 is 1.47. The van der Waals surface area contributed by atoms with Crippen LogP contribution in [0.4, 0.5) is 0 Å². The number of hydrogen-bond acceptors (Lipinski definition) is 4. The Hall–Kier alpha value is -2.60. The van der Waals surface area contributed by atoms with E-state index in [9.17, 15) is 9.59 Å². The van der Waals surface area contributed by atoms with Crippen LogP contribution in [-0.2, 0) is 7.05 Å². The van der Waals surface area contributed by atoms with E-state index in [0.29, 0.717) is 10.9 Å². The first-order chi connectivity index (χ1) is 11.9. The molecule has 6 heteroatoms. The van der Waals surface area contributed by atoms with Crippen LogP contribution in [0.5, 0.6) is 5.75 Å². The molecule has 0 spiro atoms. The molecule has 1 N–H and O–H groups in total. The summed E-state index contributed by atoms with van der Waals surface area (Å²) in [5, 5.41) is 3.49. The first-order valence-corrected chi connectivity index (χ1v) is 8.77. The van der Waals surface area contributed by atoms with E-state index in [0.717, 1.165) is 20.9 Å². The highest BCUT2D eigenvalue weighted by Crippen LogP contribution is 2.29. The lowest BCUT2D eigenvalue weighted by atomic mass is 10.1. The molecule has 0 radical (unpaired) electrons. The molecule has 0 saturated heterocycles. The van der Waals surface area contributed by atoms with Crippen LogP contribution in [0.25, 0.3) is 10.1 Å². The molecule has 1 atom stereocenters. The van der Waals surface area contributed by atoms with Crippen LogP contribution in [-0.4, -0.2) is 17.6 Å². The van der Waals surface area contributed by atoms with Gasteiger partial charge in [-0.15, -0.1) is 11.3 Å². The van der Waals surface area contributed by atoms with Crippen LogP contribution in [0.15, 0.2) is 41.3 Å². The fourth-order valence-electron chi connectivity index (χ4n) is 2.84. The van der Waals surface area contributed by atoms with Crippen LogP contribution in [0.1, 0.15) is 33.8 Å². The molecule has 1 amide bonds. The largest absolute Gasteiger partial charge is 0.497 e. The van der Waals surface area contributed by atoms with Crippen LogP contribution in [0.2, 0.25) is 0 Å². The maximum atomic E-state index is 12.8. The number of rotatable bonds is 4. The number of benzene rings is 1. The molecule has 0 saturated carbocycles. The van der Waals surface area contributed by atoms with Gasteiger partial charge in [-0.1, -0.05) is 12.1 Å². The predicted molar refractivity (Wildman–Crippen MR) is 101 cm³/mol. The molecule has 1 aromatic carbocycles. The van der Waals surface area contributed by atoms with E-state index in [1.807, 2.05) is 44.2 Å². The number of aromatic nitrogens is 1. The van der Waals surface area contributed by atoms with Gasteiger partial charge in [-0.25, -0.2) is 0 Å². The highest BCUT2D eigenvalue weighted by Gasteiger charge is 2.21. The Morgan fingerprint density at radius 2 is 1.92 bits per heavy atom. The molecule has 3 rings (SSSR count). The average Bonchev–Trinajstić information content (AvgIpc) is 2.95. The van der Waals surface area contributed by atoms with Gasteiger partial charge in [0.1, 0.15) is 5.75 Å². The van der Waals surface area contributed by atoms with Crippen molar-refractivity contribution < 1.29 is 9.53 Å². The maximum Gasteiger partial charge on any atom is 0.259 e. The molecule has 0 aliphatic carbocycles. The summed E-state index contributed by atoms with van der Waals surface area (Å²) in [4.78, 5) is 26.1. The van der Waals surface area contributed by atoms with Gasteiger partial charge < -0.3 is 14.6 Å². The number of carbonyl (C=O) groups is 1. The third-order valence-corrected chi connectivity index (χ3v) is 5.36. The molecular formula is C19H20N2O3S. The Labute approximate surface area is 149 Å². The van der Waals surface area contributed by atoms with Gasteiger partial charge in [0.2, 0.25) is 0 Å². The number of pyridine rings is 1. The molecule has 0 aliphatic heterocycles. The molecule has 0 bridgehead atoms. The Bertz CT molecular complexity index is 986. The average molecular weight is 356 g/mol. The Morgan fingerprint density at radius 3 is 2.56 bits per heavy atom. The monoisotopic (exact) mass is 356 g/mol. The molecule has 2 heterocycles. The van der Waals surface area contributed by atoms with Gasteiger partial charge in [0.25, 0.3) is 11.5 Å². The van der Waals surface area contributed by atoms with Gasteiger partial charge >= 0.3 is 0 Å². The van der Waals surface area contributed by atoms with E-state index in [1.165, 1.54) is 15.9 Å². The van der Waals surface area contributed by atoms with Gasteiger partial charge in [0, 0.05) is 22.8 Å². The maximum absolute atomic E-state index is 12.8. The standard InChI is InChI=1S/C19H20N2O3S/c1-11(13-5-7-14(24-4)8-6-13)20-18(22)16-12(2)25-15-9-10-21(3)19(23)17(15)16/h5-11H,1-4H3,(H,20,22)/t11-/m1/s1. The van der Waals surface area contributed by atoms with Crippen molar-refractivity contribution in [1.29, 1.82) is 0 Å². The van der Waals surface area contributed by atoms with Crippen molar-refractivity contribution in [3.63, 3.8) is 0 Å². The van der Waals surface area contributed by atoms with E-state index >= 15 is 0 Å². The normalized spacial score (nSPS) is 12.2. The number of hydrogen-bond donors (Lipinski definition) is 1. The Balaban J connectivity index is 1.93. The summed E-state index contributed by atoms with van der Waals surface area (Å²) < 4.78 is 7.49. The van der Waals surface area contributed by atoms with Crippen molar-refractivity contribution in [3.05, 3.63) is 62.9 Å². The van der Waals surface area contributed by atoms with E-state index in [4.69, 9.17) is 4.74 Å². The van der Waals surface area contributed by atoms with Crippen molar-refractivity contribution in [2.45, 2.75) is 19.9 Å². The molecule has 2 aromatic heterocycles. The minimum Gasteiger partial charge on any atom is -0.497 e. The summed E-state index contributed by atoms with van der Waals surface area (Å²) in [5.74, 6) is 0.542. The van der Waals surface area contributed by atoms with Gasteiger partial charge in [-0.05, 0) is 37.6 Å². The van der Waals surface area contributed by atoms with Gasteiger partial charge in [-0.2, -0.15) is 0 Å². The van der Waals surface area contributed by atoms with E-state index in [-0.39, 0.29) is 17.5 Å². The van der Waals surface area contributed by atoms with Crippen LogP contribution < -0.4 is 15.6 Å². The number of fused-ring (bicyclic) bond motifs is 1. The third kappa shape index (κ3) is 3.17. The second-order valence-corrected chi connectivity index (χ2v) is 7.23. The lowest BCUT2D eigenvalue weighted by Gasteiger charge is -2.15. The van der Waals surface area contributed by atoms with Crippen molar-refractivity contribution in [2.75, 3.05) is 7.11 Å². The lowest BCUT2D eigenvalue weighted by Crippen LogP contribution is -2.28. The number of amides is 1. The van der Waals surface area contributed by atoms with Gasteiger partial charge in [0.05, 0.1) is 24.1 Å². The summed E-state index contributed by atoms with van der Waals surface area (Å²) in [5.41, 5.74) is 1.30. The molecule has 0 unspecified atom stereocenters. The van der Waals surface area contributed by atoms with E-state index < -0.39 is 0 Å². The Morgan fingerprint density at radius 1 is 1.24 bits per heavy atom. The fraction of sp³-hybridized carbons (Fsp3) is 0.263. The number of ether oxygens (including phenoxy) is 1. The summed E-state index contributed by atoms with van der Waals surface area (Å²) in [7, 11) is 3.31. The zero-order valence-electron chi connectivity index (χ0n) is 14.6. The number of thiophene rings is 1.